The van der Waals surface area contributed by atoms with Crippen LogP contribution in [0.25, 0.3) is 0 Å². The quantitative estimate of drug-likeness (QED) is 0.848. The van der Waals surface area contributed by atoms with Gasteiger partial charge in [-0.15, -0.1) is 0 Å². The highest BCUT2D eigenvalue weighted by Gasteiger charge is 2.26. The summed E-state index contributed by atoms with van der Waals surface area (Å²) >= 11 is 0. The summed E-state index contributed by atoms with van der Waals surface area (Å²) in [4.78, 5) is 7.10. The molecule has 1 aliphatic rings. The summed E-state index contributed by atoms with van der Waals surface area (Å²) in [5.41, 5.74) is 6.81. The summed E-state index contributed by atoms with van der Waals surface area (Å²) in [7, 11) is 0. The van der Waals surface area contributed by atoms with Crippen molar-refractivity contribution in [2.24, 2.45) is 0 Å². The van der Waals surface area contributed by atoms with Crippen molar-refractivity contribution in [2.45, 2.75) is 47.1 Å². The monoisotopic (exact) mass is 355 g/mol. The second-order valence-electron chi connectivity index (χ2n) is 7.12. The average molecular weight is 355 g/mol. The lowest BCUT2D eigenvalue weighted by molar-refractivity contribution is 0.113. The van der Waals surface area contributed by atoms with Crippen molar-refractivity contribution < 1.29 is 9.84 Å². The van der Waals surface area contributed by atoms with Crippen molar-refractivity contribution in [3.05, 3.63) is 40.6 Å². The third-order valence-corrected chi connectivity index (χ3v) is 4.84. The number of ether oxygens (including phenoxy) is 1. The van der Waals surface area contributed by atoms with E-state index in [1.807, 2.05) is 19.9 Å². The molecule has 1 aromatic carbocycles. The van der Waals surface area contributed by atoms with Crippen LogP contribution in [0.2, 0.25) is 0 Å². The number of aliphatic hydroxyl groups is 1. The van der Waals surface area contributed by atoms with Crippen LogP contribution in [0.5, 0.6) is 5.75 Å². The first-order valence-electron chi connectivity index (χ1n) is 9.33. The van der Waals surface area contributed by atoms with Gasteiger partial charge in [-0.1, -0.05) is 24.6 Å². The standard InChI is InChI=1S/C21H29N3O2/c1-6-17(12-25)26-18-11-16(5)23-21-19(18)22-7-8-24(21)20-14(3)9-13(2)10-15(20)4/h9-11,17,22,25H,6-8,12H2,1-5H3. The highest BCUT2D eigenvalue weighted by Crippen LogP contribution is 2.42. The van der Waals surface area contributed by atoms with Gasteiger partial charge < -0.3 is 20.1 Å². The van der Waals surface area contributed by atoms with E-state index in [1.165, 1.54) is 22.4 Å². The van der Waals surface area contributed by atoms with E-state index in [4.69, 9.17) is 9.72 Å². The van der Waals surface area contributed by atoms with E-state index < -0.39 is 0 Å². The van der Waals surface area contributed by atoms with Gasteiger partial charge in [-0.25, -0.2) is 4.98 Å². The van der Waals surface area contributed by atoms with E-state index in [0.717, 1.165) is 42.5 Å². The van der Waals surface area contributed by atoms with Crippen LogP contribution in [0.4, 0.5) is 17.2 Å². The van der Waals surface area contributed by atoms with Crippen LogP contribution in [0.15, 0.2) is 18.2 Å². The zero-order valence-electron chi connectivity index (χ0n) is 16.4. The first-order chi connectivity index (χ1) is 12.4. The summed E-state index contributed by atoms with van der Waals surface area (Å²) in [6, 6.07) is 6.38. The Balaban J connectivity index is 2.09. The molecule has 0 amide bonds. The SMILES string of the molecule is CCC(CO)Oc1cc(C)nc2c1NCCN2c1c(C)cc(C)cc1C. The van der Waals surface area contributed by atoms with Gasteiger partial charge in [0.1, 0.15) is 17.5 Å². The van der Waals surface area contributed by atoms with Gasteiger partial charge >= 0.3 is 0 Å². The number of benzene rings is 1. The average Bonchev–Trinajstić information content (AvgIpc) is 2.59. The molecular weight excluding hydrogens is 326 g/mol. The zero-order chi connectivity index (χ0) is 18.8. The van der Waals surface area contributed by atoms with E-state index >= 15 is 0 Å². The predicted molar refractivity (Wildman–Crippen MR) is 107 cm³/mol. The molecule has 0 saturated carbocycles. The molecule has 0 bridgehead atoms. The number of nitrogens with one attached hydrogen (secondary N) is 1. The Morgan fingerprint density at radius 3 is 2.50 bits per heavy atom. The molecule has 0 radical (unpaired) electrons. The Kier molecular flexibility index (Phi) is 5.37. The van der Waals surface area contributed by atoms with Crippen molar-refractivity contribution in [1.82, 2.24) is 4.98 Å². The van der Waals surface area contributed by atoms with Gasteiger partial charge in [0.15, 0.2) is 5.82 Å². The topological polar surface area (TPSA) is 57.6 Å². The van der Waals surface area contributed by atoms with Crippen molar-refractivity contribution in [2.75, 3.05) is 29.9 Å². The predicted octanol–water partition coefficient (Wildman–Crippen LogP) is 4.03. The minimum Gasteiger partial charge on any atom is -0.486 e. The Bertz CT molecular complexity index is 777. The Morgan fingerprint density at radius 1 is 1.19 bits per heavy atom. The van der Waals surface area contributed by atoms with E-state index in [9.17, 15) is 5.11 Å². The molecule has 2 aromatic rings. The summed E-state index contributed by atoms with van der Waals surface area (Å²) < 4.78 is 6.08. The highest BCUT2D eigenvalue weighted by molar-refractivity contribution is 5.82. The molecule has 5 nitrogen and oxygen atoms in total. The maximum atomic E-state index is 9.52. The second kappa shape index (κ2) is 7.54. The molecule has 0 fully saturated rings. The number of nitrogens with zero attached hydrogens (tertiary/aromatic N) is 2. The summed E-state index contributed by atoms with van der Waals surface area (Å²) in [6.45, 7) is 12.1. The maximum absolute atomic E-state index is 9.52. The van der Waals surface area contributed by atoms with Gasteiger partial charge in [0.25, 0.3) is 0 Å². The Labute approximate surface area is 156 Å². The molecule has 1 atom stereocenters. The number of aryl methyl sites for hydroxylation is 4. The lowest BCUT2D eigenvalue weighted by Gasteiger charge is -2.34. The number of rotatable bonds is 5. The molecule has 1 unspecified atom stereocenters. The molecule has 3 rings (SSSR count). The molecule has 1 aromatic heterocycles. The van der Waals surface area contributed by atoms with Gasteiger partial charge in [0, 0.05) is 30.5 Å². The van der Waals surface area contributed by atoms with Crippen LogP contribution in [0, 0.1) is 27.7 Å². The molecule has 2 N–H and O–H groups in total. The molecule has 1 aliphatic heterocycles. The fourth-order valence-electron chi connectivity index (χ4n) is 3.73. The Hall–Kier alpha value is -2.27. The maximum Gasteiger partial charge on any atom is 0.160 e. The minimum atomic E-state index is -0.207. The van der Waals surface area contributed by atoms with Crippen LogP contribution < -0.4 is 15.0 Å². The number of pyridine rings is 1. The van der Waals surface area contributed by atoms with E-state index in [2.05, 4.69) is 43.1 Å². The third-order valence-electron chi connectivity index (χ3n) is 4.84. The van der Waals surface area contributed by atoms with E-state index in [0.29, 0.717) is 0 Å². The molecular formula is C21H29N3O2. The van der Waals surface area contributed by atoms with Crippen molar-refractivity contribution in [3.63, 3.8) is 0 Å². The first kappa shape index (κ1) is 18.5. The molecule has 0 aliphatic carbocycles. The molecule has 0 saturated heterocycles. The normalized spacial score (nSPS) is 14.6. The number of anilines is 3. The minimum absolute atomic E-state index is 0.00648. The van der Waals surface area contributed by atoms with Gasteiger partial charge in [-0.3, -0.25) is 0 Å². The number of aliphatic hydroxyl groups excluding tert-OH is 1. The third kappa shape index (κ3) is 3.49. The largest absolute Gasteiger partial charge is 0.486 e. The molecule has 2 heterocycles. The van der Waals surface area contributed by atoms with Crippen molar-refractivity contribution in [3.8, 4) is 5.75 Å². The Morgan fingerprint density at radius 2 is 1.88 bits per heavy atom. The van der Waals surface area contributed by atoms with Gasteiger partial charge in [-0.2, -0.15) is 0 Å². The summed E-state index contributed by atoms with van der Waals surface area (Å²) in [5, 5.41) is 13.0. The molecule has 0 spiro atoms. The number of fused-ring (bicyclic) bond motifs is 1. The van der Waals surface area contributed by atoms with Crippen LogP contribution in [0.3, 0.4) is 0 Å². The summed E-state index contributed by atoms with van der Waals surface area (Å²) in [6.07, 6.45) is 0.549. The van der Waals surface area contributed by atoms with E-state index in [-0.39, 0.29) is 12.7 Å². The lowest BCUT2D eigenvalue weighted by atomic mass is 10.0. The van der Waals surface area contributed by atoms with Crippen molar-refractivity contribution >= 4 is 17.2 Å². The number of hydrogen-bond acceptors (Lipinski definition) is 5. The van der Waals surface area contributed by atoms with Crippen LogP contribution in [-0.2, 0) is 0 Å². The smallest absolute Gasteiger partial charge is 0.160 e. The van der Waals surface area contributed by atoms with Crippen LogP contribution in [0.1, 0.15) is 35.7 Å². The molecule has 26 heavy (non-hydrogen) atoms. The second-order valence-corrected chi connectivity index (χ2v) is 7.12. The summed E-state index contributed by atoms with van der Waals surface area (Å²) in [5.74, 6) is 1.66. The van der Waals surface area contributed by atoms with Gasteiger partial charge in [-0.05, 0) is 45.2 Å². The van der Waals surface area contributed by atoms with Gasteiger partial charge in [0.05, 0.1) is 6.61 Å². The van der Waals surface area contributed by atoms with Gasteiger partial charge in [0.2, 0.25) is 0 Å². The fraction of sp³-hybridized carbons (Fsp3) is 0.476. The lowest BCUT2D eigenvalue weighted by Crippen LogP contribution is -2.33. The first-order valence-corrected chi connectivity index (χ1v) is 9.33. The van der Waals surface area contributed by atoms with Crippen LogP contribution in [-0.4, -0.2) is 35.9 Å². The molecule has 140 valence electrons. The van der Waals surface area contributed by atoms with E-state index in [1.54, 1.807) is 0 Å². The van der Waals surface area contributed by atoms with Crippen molar-refractivity contribution in [1.29, 1.82) is 0 Å². The number of hydrogen-bond donors (Lipinski definition) is 2. The zero-order valence-corrected chi connectivity index (χ0v) is 16.4. The fourth-order valence-corrected chi connectivity index (χ4v) is 3.73. The number of aromatic nitrogens is 1. The highest BCUT2D eigenvalue weighted by atomic mass is 16.5. The van der Waals surface area contributed by atoms with Crippen LogP contribution >= 0.6 is 0 Å². The molecule has 5 heteroatoms.